The number of pyridine rings is 1. The second-order valence-electron chi connectivity index (χ2n) is 3.98. The molecule has 0 aliphatic rings. The summed E-state index contributed by atoms with van der Waals surface area (Å²) in [6.45, 7) is 0. The molecule has 94 valence electrons. The van der Waals surface area contributed by atoms with E-state index in [0.717, 1.165) is 0 Å². The van der Waals surface area contributed by atoms with Crippen LogP contribution in [0.1, 0.15) is 10.4 Å². The Morgan fingerprint density at radius 2 is 2.11 bits per heavy atom. The molecule has 3 rings (SSSR count). The highest BCUT2D eigenvalue weighted by molar-refractivity contribution is 5.92. The molecular weight excluding hydrogens is 246 g/mol. The maximum atomic E-state index is 12.1. The third-order valence-corrected chi connectivity index (χ3v) is 2.85. The van der Waals surface area contributed by atoms with E-state index in [1.165, 1.54) is 6.20 Å². The van der Waals surface area contributed by atoms with E-state index in [1.54, 1.807) is 41.2 Å². The molecule has 0 aliphatic heterocycles. The van der Waals surface area contributed by atoms with Gasteiger partial charge in [0.05, 0.1) is 5.52 Å². The lowest BCUT2D eigenvalue weighted by Crippen LogP contribution is -2.18. The fourth-order valence-electron chi connectivity index (χ4n) is 1.99. The topological polar surface area (TPSA) is 88.0 Å². The number of aromatic nitrogens is 3. The summed E-state index contributed by atoms with van der Waals surface area (Å²) in [5.41, 5.74) is -0.173. The molecule has 2 heterocycles. The van der Waals surface area contributed by atoms with Crippen molar-refractivity contribution in [1.29, 1.82) is 0 Å². The van der Waals surface area contributed by atoms with Crippen LogP contribution in [0.3, 0.4) is 0 Å². The molecule has 3 aromatic rings. The van der Waals surface area contributed by atoms with E-state index in [2.05, 4.69) is 9.97 Å². The first-order chi connectivity index (χ1) is 9.18. The average molecular weight is 255 g/mol. The van der Waals surface area contributed by atoms with Gasteiger partial charge in [-0.2, -0.15) is 0 Å². The summed E-state index contributed by atoms with van der Waals surface area (Å²) in [5.74, 6) is -0.797. The Morgan fingerprint density at radius 3 is 2.79 bits per heavy atom. The number of carbonyl (C=O) groups is 1. The van der Waals surface area contributed by atoms with Gasteiger partial charge in [-0.15, -0.1) is 0 Å². The van der Waals surface area contributed by atoms with Crippen LogP contribution >= 0.6 is 0 Å². The second-order valence-corrected chi connectivity index (χ2v) is 3.98. The molecule has 0 radical (unpaired) electrons. The number of carboxylic acid groups (broad SMARTS) is 1. The quantitative estimate of drug-likeness (QED) is 0.724. The van der Waals surface area contributed by atoms with Crippen LogP contribution in [0.15, 0.2) is 47.7 Å². The molecule has 0 fully saturated rings. The first-order valence-corrected chi connectivity index (χ1v) is 5.56. The monoisotopic (exact) mass is 255 g/mol. The van der Waals surface area contributed by atoms with E-state index in [0.29, 0.717) is 16.9 Å². The largest absolute Gasteiger partial charge is 0.477 e. The van der Waals surface area contributed by atoms with Crippen LogP contribution in [0.2, 0.25) is 0 Å². The van der Waals surface area contributed by atoms with Gasteiger partial charge in [-0.3, -0.25) is 9.36 Å². The van der Waals surface area contributed by atoms with Crippen molar-refractivity contribution in [3.05, 3.63) is 58.6 Å². The van der Waals surface area contributed by atoms with Crippen LogP contribution in [0.25, 0.3) is 16.9 Å². The lowest BCUT2D eigenvalue weighted by atomic mass is 10.1. The second kappa shape index (κ2) is 4.09. The Kier molecular flexibility index (Phi) is 2.42. The number of aromatic amines is 1. The van der Waals surface area contributed by atoms with Crippen molar-refractivity contribution in [2.45, 2.75) is 0 Å². The van der Waals surface area contributed by atoms with Crippen molar-refractivity contribution in [1.82, 2.24) is 14.5 Å². The number of H-pyrrole nitrogens is 1. The first-order valence-electron chi connectivity index (χ1n) is 5.56. The standard InChI is InChI=1S/C13H9N3O3/c17-11-8-3-1-2-4-10(8)16(7-9(11)12(18)19)13-14-5-6-15-13/h1-7H,(H,14,15)(H,18,19). The summed E-state index contributed by atoms with van der Waals surface area (Å²) in [7, 11) is 0. The molecule has 0 saturated carbocycles. The van der Waals surface area contributed by atoms with E-state index >= 15 is 0 Å². The Balaban J connectivity index is 2.48. The lowest BCUT2D eigenvalue weighted by Gasteiger charge is -2.09. The van der Waals surface area contributed by atoms with Gasteiger partial charge in [-0.25, -0.2) is 9.78 Å². The molecule has 1 aromatic carbocycles. The van der Waals surface area contributed by atoms with Gasteiger partial charge in [0.15, 0.2) is 0 Å². The molecule has 0 atom stereocenters. The minimum atomic E-state index is -1.25. The molecule has 0 aliphatic carbocycles. The Bertz CT molecular complexity index is 819. The summed E-state index contributed by atoms with van der Waals surface area (Å²) in [5, 5.41) is 9.45. The summed E-state index contributed by atoms with van der Waals surface area (Å²) < 4.78 is 1.56. The van der Waals surface area contributed by atoms with Gasteiger partial charge in [-0.1, -0.05) is 12.1 Å². The number of hydrogen-bond acceptors (Lipinski definition) is 3. The van der Waals surface area contributed by atoms with Crippen molar-refractivity contribution in [3.8, 4) is 5.95 Å². The molecule has 6 nitrogen and oxygen atoms in total. The third kappa shape index (κ3) is 1.70. The van der Waals surface area contributed by atoms with Crippen molar-refractivity contribution in [3.63, 3.8) is 0 Å². The molecule has 0 bridgehead atoms. The van der Waals surface area contributed by atoms with Gasteiger partial charge in [0.25, 0.3) is 0 Å². The highest BCUT2D eigenvalue weighted by atomic mass is 16.4. The molecular formula is C13H9N3O3. The van der Waals surface area contributed by atoms with Crippen LogP contribution in [-0.2, 0) is 0 Å². The van der Waals surface area contributed by atoms with Gasteiger partial charge in [0, 0.05) is 24.0 Å². The lowest BCUT2D eigenvalue weighted by molar-refractivity contribution is 0.0695. The normalized spacial score (nSPS) is 10.7. The SMILES string of the molecule is O=C(O)c1cn(-c2ncc[nH]2)c2ccccc2c1=O. The number of carboxylic acids is 1. The van der Waals surface area contributed by atoms with Crippen molar-refractivity contribution in [2.75, 3.05) is 0 Å². The van der Waals surface area contributed by atoms with Crippen molar-refractivity contribution in [2.24, 2.45) is 0 Å². The summed E-state index contributed by atoms with van der Waals surface area (Å²) in [6.07, 6.45) is 4.47. The predicted molar refractivity (Wildman–Crippen MR) is 68.7 cm³/mol. The fourth-order valence-corrected chi connectivity index (χ4v) is 1.99. The smallest absolute Gasteiger partial charge is 0.341 e. The molecule has 0 saturated heterocycles. The highest BCUT2D eigenvalue weighted by Crippen LogP contribution is 2.14. The summed E-state index contributed by atoms with van der Waals surface area (Å²) >= 11 is 0. The van der Waals surface area contributed by atoms with Crippen molar-refractivity contribution < 1.29 is 9.90 Å². The molecule has 6 heteroatoms. The Hall–Kier alpha value is -2.89. The number of rotatable bonds is 2. The van der Waals surface area contributed by atoms with Crippen LogP contribution in [0.4, 0.5) is 0 Å². The highest BCUT2D eigenvalue weighted by Gasteiger charge is 2.15. The average Bonchev–Trinajstić information content (AvgIpc) is 2.93. The van der Waals surface area contributed by atoms with Gasteiger partial charge >= 0.3 is 5.97 Å². The van der Waals surface area contributed by atoms with E-state index in [1.807, 2.05) is 0 Å². The van der Waals surface area contributed by atoms with Gasteiger partial charge in [0.1, 0.15) is 5.56 Å². The van der Waals surface area contributed by atoms with E-state index in [4.69, 9.17) is 5.11 Å². The number of para-hydroxylation sites is 1. The molecule has 2 N–H and O–H groups in total. The Labute approximate surface area is 107 Å². The molecule has 19 heavy (non-hydrogen) atoms. The van der Waals surface area contributed by atoms with Crippen LogP contribution in [-0.4, -0.2) is 25.6 Å². The maximum Gasteiger partial charge on any atom is 0.341 e. The van der Waals surface area contributed by atoms with Crippen molar-refractivity contribution >= 4 is 16.9 Å². The predicted octanol–water partition coefficient (Wildman–Crippen LogP) is 1.41. The molecule has 2 aromatic heterocycles. The number of benzene rings is 1. The van der Waals surface area contributed by atoms with E-state index in [-0.39, 0.29) is 5.56 Å². The zero-order chi connectivity index (χ0) is 13.4. The number of fused-ring (bicyclic) bond motifs is 1. The minimum absolute atomic E-state index is 0.282. The van der Waals surface area contributed by atoms with Gasteiger partial charge in [0.2, 0.25) is 11.4 Å². The summed E-state index contributed by atoms with van der Waals surface area (Å²) in [6, 6.07) is 6.82. The van der Waals surface area contributed by atoms with Gasteiger partial charge in [-0.05, 0) is 12.1 Å². The van der Waals surface area contributed by atoms with E-state index < -0.39 is 11.4 Å². The fraction of sp³-hybridized carbons (Fsp3) is 0. The third-order valence-electron chi connectivity index (χ3n) is 2.85. The molecule has 0 spiro atoms. The minimum Gasteiger partial charge on any atom is -0.477 e. The summed E-state index contributed by atoms with van der Waals surface area (Å²) in [4.78, 5) is 30.2. The Morgan fingerprint density at radius 1 is 1.32 bits per heavy atom. The van der Waals surface area contributed by atoms with E-state index in [9.17, 15) is 9.59 Å². The number of nitrogens with one attached hydrogen (secondary N) is 1. The van der Waals surface area contributed by atoms with Crippen LogP contribution in [0, 0.1) is 0 Å². The number of hydrogen-bond donors (Lipinski definition) is 2. The zero-order valence-electron chi connectivity index (χ0n) is 9.70. The number of nitrogens with zero attached hydrogens (tertiary/aromatic N) is 2. The number of aromatic carboxylic acids is 1. The molecule has 0 amide bonds. The van der Waals surface area contributed by atoms with Gasteiger partial charge < -0.3 is 10.1 Å². The van der Waals surface area contributed by atoms with Crippen LogP contribution in [0.5, 0.6) is 0 Å². The molecule has 0 unspecified atom stereocenters. The number of imidazole rings is 1. The first kappa shape index (κ1) is 11.2. The zero-order valence-corrected chi connectivity index (χ0v) is 9.70. The maximum absolute atomic E-state index is 12.1. The van der Waals surface area contributed by atoms with Crippen LogP contribution < -0.4 is 5.43 Å².